The first-order valence-corrected chi connectivity index (χ1v) is 6.24. The molecule has 0 aliphatic carbocycles. The van der Waals surface area contributed by atoms with Gasteiger partial charge in [-0.15, -0.1) is 5.11 Å². The van der Waals surface area contributed by atoms with E-state index in [4.69, 9.17) is 0 Å². The average molecular weight is 290 g/mol. The Morgan fingerprint density at radius 2 is 1.71 bits per heavy atom. The predicted molar refractivity (Wildman–Crippen MR) is 72.9 cm³/mol. The lowest BCUT2D eigenvalue weighted by molar-refractivity contribution is 0.0525. The zero-order valence-electron chi connectivity index (χ0n) is 11.2. The highest BCUT2D eigenvalue weighted by atomic mass is 19.1. The van der Waals surface area contributed by atoms with E-state index >= 15 is 0 Å². The molecular weight excluding hydrogens is 278 g/mol. The Hall–Kier alpha value is -2.63. The first kappa shape index (κ1) is 14.8. The van der Waals surface area contributed by atoms with Gasteiger partial charge in [0, 0.05) is 0 Å². The van der Waals surface area contributed by atoms with Crippen LogP contribution in [0.5, 0.6) is 0 Å². The van der Waals surface area contributed by atoms with Gasteiger partial charge in [-0.05, 0) is 31.2 Å². The van der Waals surface area contributed by atoms with Crippen molar-refractivity contribution >= 4 is 17.3 Å². The lowest BCUT2D eigenvalue weighted by atomic mass is 10.2. The van der Waals surface area contributed by atoms with Gasteiger partial charge in [0.1, 0.15) is 0 Å². The number of benzene rings is 2. The lowest BCUT2D eigenvalue weighted by Crippen LogP contribution is -2.05. The van der Waals surface area contributed by atoms with Crippen molar-refractivity contribution in [2.75, 3.05) is 6.61 Å². The normalized spacial score (nSPS) is 10.8. The molecule has 0 spiro atoms. The predicted octanol–water partition coefficient (Wildman–Crippen LogP) is 4.56. The quantitative estimate of drug-likeness (QED) is 0.612. The van der Waals surface area contributed by atoms with Gasteiger partial charge >= 0.3 is 5.97 Å². The van der Waals surface area contributed by atoms with Crippen LogP contribution in [0, 0.1) is 11.6 Å². The highest BCUT2D eigenvalue weighted by Gasteiger charge is 2.15. The molecule has 0 fully saturated rings. The van der Waals surface area contributed by atoms with E-state index in [2.05, 4.69) is 15.0 Å². The summed E-state index contributed by atoms with van der Waals surface area (Å²) in [7, 11) is 0. The van der Waals surface area contributed by atoms with Crippen molar-refractivity contribution < 1.29 is 18.3 Å². The molecule has 4 nitrogen and oxygen atoms in total. The zero-order valence-corrected chi connectivity index (χ0v) is 11.2. The number of ether oxygens (including phenoxy) is 1. The van der Waals surface area contributed by atoms with Gasteiger partial charge < -0.3 is 4.74 Å². The molecule has 6 heteroatoms. The van der Waals surface area contributed by atoms with Crippen LogP contribution in [0.15, 0.2) is 52.7 Å². The van der Waals surface area contributed by atoms with E-state index in [1.165, 1.54) is 0 Å². The molecule has 0 aliphatic rings. The molecule has 0 saturated heterocycles. The van der Waals surface area contributed by atoms with Crippen molar-refractivity contribution in [2.24, 2.45) is 10.2 Å². The highest BCUT2D eigenvalue weighted by Crippen LogP contribution is 2.26. The minimum absolute atomic E-state index is 0.123. The monoisotopic (exact) mass is 290 g/mol. The van der Waals surface area contributed by atoms with Crippen molar-refractivity contribution in [3.63, 3.8) is 0 Å². The number of nitrogens with zero attached hydrogens (tertiary/aromatic N) is 2. The minimum Gasteiger partial charge on any atom is -0.462 e. The Kier molecular flexibility index (Phi) is 4.71. The third-order valence-electron chi connectivity index (χ3n) is 2.55. The fourth-order valence-electron chi connectivity index (χ4n) is 1.60. The number of azo groups is 1. The van der Waals surface area contributed by atoms with Crippen LogP contribution in [0.1, 0.15) is 17.3 Å². The van der Waals surface area contributed by atoms with Crippen molar-refractivity contribution in [1.29, 1.82) is 0 Å². The number of halogens is 2. The maximum Gasteiger partial charge on any atom is 0.338 e. The van der Waals surface area contributed by atoms with Crippen molar-refractivity contribution in [1.82, 2.24) is 0 Å². The second-order valence-corrected chi connectivity index (χ2v) is 4.04. The molecule has 0 aromatic heterocycles. The summed E-state index contributed by atoms with van der Waals surface area (Å²) in [6.07, 6.45) is 0. The van der Waals surface area contributed by atoms with Gasteiger partial charge in [0.05, 0.1) is 17.9 Å². The lowest BCUT2D eigenvalue weighted by Gasteiger charge is -2.04. The molecule has 2 rings (SSSR count). The van der Waals surface area contributed by atoms with Crippen LogP contribution in [-0.2, 0) is 4.74 Å². The van der Waals surface area contributed by atoms with E-state index < -0.39 is 23.3 Å². The Labute approximate surface area is 120 Å². The number of hydrogen-bond donors (Lipinski definition) is 0. The molecule has 2 aromatic carbocycles. The van der Waals surface area contributed by atoms with Crippen LogP contribution in [0.2, 0.25) is 0 Å². The van der Waals surface area contributed by atoms with Gasteiger partial charge in [0.25, 0.3) is 0 Å². The maximum absolute atomic E-state index is 13.8. The Bertz CT molecular complexity index is 650. The zero-order chi connectivity index (χ0) is 15.2. The van der Waals surface area contributed by atoms with E-state index in [1.54, 1.807) is 37.3 Å². The summed E-state index contributed by atoms with van der Waals surface area (Å²) in [6.45, 7) is 1.73. The van der Waals surface area contributed by atoms with Crippen molar-refractivity contribution in [3.05, 3.63) is 59.7 Å². The smallest absolute Gasteiger partial charge is 0.338 e. The summed E-state index contributed by atoms with van der Waals surface area (Å²) in [5, 5.41) is 7.28. The van der Waals surface area contributed by atoms with Crippen LogP contribution < -0.4 is 0 Å². The van der Waals surface area contributed by atoms with Crippen LogP contribution in [0.4, 0.5) is 20.2 Å². The fourth-order valence-corrected chi connectivity index (χ4v) is 1.60. The molecule has 0 unspecified atom stereocenters. The fraction of sp³-hybridized carbons (Fsp3) is 0.133. The highest BCUT2D eigenvalue weighted by molar-refractivity contribution is 5.89. The van der Waals surface area contributed by atoms with Gasteiger partial charge in [0.2, 0.25) is 0 Å². The van der Waals surface area contributed by atoms with Gasteiger partial charge in [-0.1, -0.05) is 18.2 Å². The van der Waals surface area contributed by atoms with Crippen LogP contribution in [0.3, 0.4) is 0 Å². The molecule has 0 bridgehead atoms. The first-order valence-electron chi connectivity index (χ1n) is 6.24. The summed E-state index contributed by atoms with van der Waals surface area (Å²) in [5.74, 6) is -2.74. The second kappa shape index (κ2) is 6.69. The number of carbonyl (C=O) groups is 1. The standard InChI is InChI=1S/C15H12F2N2O2/c1-2-21-15(20)10-8-12(16)14(13(17)9-10)19-18-11-6-4-3-5-7-11/h3-9H,2H2,1H3. The molecule has 0 heterocycles. The van der Waals surface area contributed by atoms with Crippen LogP contribution in [-0.4, -0.2) is 12.6 Å². The molecule has 0 amide bonds. The number of carbonyl (C=O) groups excluding carboxylic acids is 1. The Balaban J connectivity index is 2.29. The molecule has 0 radical (unpaired) electrons. The number of rotatable bonds is 4. The van der Waals surface area contributed by atoms with Crippen molar-refractivity contribution in [2.45, 2.75) is 6.92 Å². The largest absolute Gasteiger partial charge is 0.462 e. The molecule has 21 heavy (non-hydrogen) atoms. The van der Waals surface area contributed by atoms with E-state index in [9.17, 15) is 13.6 Å². The molecular formula is C15H12F2N2O2. The van der Waals surface area contributed by atoms with Gasteiger partial charge in [-0.25, -0.2) is 13.6 Å². The topological polar surface area (TPSA) is 51.0 Å². The van der Waals surface area contributed by atoms with Gasteiger partial charge in [0.15, 0.2) is 17.3 Å². The molecule has 0 atom stereocenters. The third kappa shape index (κ3) is 3.68. The summed E-state index contributed by atoms with van der Waals surface area (Å²) in [4.78, 5) is 11.4. The van der Waals surface area contributed by atoms with E-state index in [1.807, 2.05) is 0 Å². The summed E-state index contributed by atoms with van der Waals surface area (Å²) >= 11 is 0. The summed E-state index contributed by atoms with van der Waals surface area (Å²) < 4.78 is 32.3. The molecule has 0 N–H and O–H groups in total. The number of hydrogen-bond acceptors (Lipinski definition) is 4. The Morgan fingerprint density at radius 1 is 1.10 bits per heavy atom. The SMILES string of the molecule is CCOC(=O)c1cc(F)c(N=Nc2ccccc2)c(F)c1. The molecule has 2 aromatic rings. The third-order valence-corrected chi connectivity index (χ3v) is 2.55. The minimum atomic E-state index is -0.974. The van der Waals surface area contributed by atoms with Crippen LogP contribution in [0.25, 0.3) is 0 Å². The number of esters is 1. The summed E-state index contributed by atoms with van der Waals surface area (Å²) in [5.41, 5.74) is -0.289. The van der Waals surface area contributed by atoms with Crippen molar-refractivity contribution in [3.8, 4) is 0 Å². The Morgan fingerprint density at radius 3 is 2.29 bits per heavy atom. The summed E-state index contributed by atoms with van der Waals surface area (Å²) in [6, 6.07) is 10.3. The van der Waals surface area contributed by atoms with Gasteiger partial charge in [-0.3, -0.25) is 0 Å². The first-order chi connectivity index (χ1) is 10.1. The second-order valence-electron chi connectivity index (χ2n) is 4.04. The van der Waals surface area contributed by atoms with E-state index in [-0.39, 0.29) is 12.2 Å². The van der Waals surface area contributed by atoms with E-state index in [0.29, 0.717) is 5.69 Å². The van der Waals surface area contributed by atoms with Crippen LogP contribution >= 0.6 is 0 Å². The van der Waals surface area contributed by atoms with Gasteiger partial charge in [-0.2, -0.15) is 5.11 Å². The molecule has 0 aliphatic heterocycles. The maximum atomic E-state index is 13.8. The average Bonchev–Trinajstić information content (AvgIpc) is 2.47. The molecule has 0 saturated carbocycles. The molecule has 108 valence electrons. The van der Waals surface area contributed by atoms with E-state index in [0.717, 1.165) is 12.1 Å².